The van der Waals surface area contributed by atoms with Crippen molar-refractivity contribution in [3.8, 4) is 0 Å². The molecule has 1 heterocycles. The summed E-state index contributed by atoms with van der Waals surface area (Å²) in [6.07, 6.45) is 1.39. The Morgan fingerprint density at radius 2 is 1.89 bits per heavy atom. The summed E-state index contributed by atoms with van der Waals surface area (Å²) in [6.45, 7) is 0. The van der Waals surface area contributed by atoms with Crippen LogP contribution in [0.5, 0.6) is 0 Å². The number of benzene rings is 1. The van der Waals surface area contributed by atoms with Crippen LogP contribution in [0.25, 0.3) is 0 Å². The van der Waals surface area contributed by atoms with Gasteiger partial charge < -0.3 is 5.32 Å². The lowest BCUT2D eigenvalue weighted by atomic mass is 10.2. The number of nitrogens with one attached hydrogen (secondary N) is 1. The van der Waals surface area contributed by atoms with Crippen LogP contribution in [0.1, 0.15) is 10.4 Å². The summed E-state index contributed by atoms with van der Waals surface area (Å²) in [6, 6.07) is 7.94. The number of aromatic nitrogens is 1. The molecule has 1 N–H and O–H groups in total. The first-order valence-electron chi connectivity index (χ1n) is 4.94. The van der Waals surface area contributed by atoms with Gasteiger partial charge in [0.1, 0.15) is 5.15 Å². The number of rotatable bonds is 2. The SMILES string of the molecule is O=C(Nc1cc(Cl)ccc1Cl)c1ccc(Cl)nc1. The van der Waals surface area contributed by atoms with Gasteiger partial charge in [-0.05, 0) is 30.3 Å². The van der Waals surface area contributed by atoms with E-state index in [9.17, 15) is 4.79 Å². The molecule has 0 spiro atoms. The number of pyridine rings is 1. The predicted octanol–water partition coefficient (Wildman–Crippen LogP) is 4.29. The van der Waals surface area contributed by atoms with E-state index in [4.69, 9.17) is 34.8 Å². The molecular formula is C12H7Cl3N2O. The van der Waals surface area contributed by atoms with Crippen LogP contribution in [0.3, 0.4) is 0 Å². The molecule has 0 radical (unpaired) electrons. The molecule has 1 aromatic heterocycles. The Balaban J connectivity index is 2.21. The van der Waals surface area contributed by atoms with Crippen molar-refractivity contribution in [2.45, 2.75) is 0 Å². The highest BCUT2D eigenvalue weighted by molar-refractivity contribution is 6.36. The normalized spacial score (nSPS) is 10.2. The van der Waals surface area contributed by atoms with Gasteiger partial charge in [-0.15, -0.1) is 0 Å². The number of carbonyl (C=O) groups is 1. The third-order valence-corrected chi connectivity index (χ3v) is 2.95. The lowest BCUT2D eigenvalue weighted by Crippen LogP contribution is -2.12. The van der Waals surface area contributed by atoms with E-state index in [2.05, 4.69) is 10.3 Å². The van der Waals surface area contributed by atoms with Crippen LogP contribution >= 0.6 is 34.8 Å². The number of amides is 1. The fourth-order valence-electron chi connectivity index (χ4n) is 1.30. The van der Waals surface area contributed by atoms with Crippen molar-refractivity contribution < 1.29 is 4.79 Å². The van der Waals surface area contributed by atoms with Gasteiger partial charge in [-0.2, -0.15) is 0 Å². The minimum atomic E-state index is -0.330. The number of hydrogen-bond donors (Lipinski definition) is 1. The molecule has 0 aliphatic rings. The molecule has 0 aliphatic carbocycles. The summed E-state index contributed by atoms with van der Waals surface area (Å²) < 4.78 is 0. The summed E-state index contributed by atoms with van der Waals surface area (Å²) in [5.41, 5.74) is 0.833. The average molecular weight is 302 g/mol. The third-order valence-electron chi connectivity index (χ3n) is 2.17. The monoisotopic (exact) mass is 300 g/mol. The highest BCUT2D eigenvalue weighted by Crippen LogP contribution is 2.25. The zero-order valence-electron chi connectivity index (χ0n) is 8.95. The predicted molar refractivity (Wildman–Crippen MR) is 73.7 cm³/mol. The van der Waals surface area contributed by atoms with Crippen LogP contribution in [-0.4, -0.2) is 10.9 Å². The summed E-state index contributed by atoms with van der Waals surface area (Å²) >= 11 is 17.4. The number of nitrogens with zero attached hydrogens (tertiary/aromatic N) is 1. The second-order valence-corrected chi connectivity index (χ2v) is 4.68. The molecule has 1 amide bonds. The van der Waals surface area contributed by atoms with Gasteiger partial charge in [0, 0.05) is 11.2 Å². The quantitative estimate of drug-likeness (QED) is 0.841. The molecule has 0 atom stereocenters. The highest BCUT2D eigenvalue weighted by Gasteiger charge is 2.09. The molecule has 1 aromatic carbocycles. The number of hydrogen-bond acceptors (Lipinski definition) is 2. The number of anilines is 1. The molecule has 0 saturated heterocycles. The van der Waals surface area contributed by atoms with Crippen molar-refractivity contribution in [1.82, 2.24) is 4.98 Å². The molecule has 2 rings (SSSR count). The molecule has 0 aliphatic heterocycles. The zero-order chi connectivity index (χ0) is 13.1. The van der Waals surface area contributed by atoms with Crippen molar-refractivity contribution in [3.63, 3.8) is 0 Å². The highest BCUT2D eigenvalue weighted by atomic mass is 35.5. The summed E-state index contributed by atoms with van der Waals surface area (Å²) in [5.74, 6) is -0.330. The summed E-state index contributed by atoms with van der Waals surface area (Å²) in [4.78, 5) is 15.7. The Morgan fingerprint density at radius 1 is 1.11 bits per heavy atom. The lowest BCUT2D eigenvalue weighted by molar-refractivity contribution is 0.102. The molecule has 2 aromatic rings. The van der Waals surface area contributed by atoms with Gasteiger partial charge in [0.15, 0.2) is 0 Å². The van der Waals surface area contributed by atoms with Gasteiger partial charge >= 0.3 is 0 Å². The molecule has 18 heavy (non-hydrogen) atoms. The Kier molecular flexibility index (Phi) is 4.07. The van der Waals surface area contributed by atoms with E-state index < -0.39 is 0 Å². The summed E-state index contributed by atoms with van der Waals surface area (Å²) in [7, 11) is 0. The van der Waals surface area contributed by atoms with Crippen molar-refractivity contribution >= 4 is 46.4 Å². The maximum absolute atomic E-state index is 11.9. The lowest BCUT2D eigenvalue weighted by Gasteiger charge is -2.07. The Bertz CT molecular complexity index is 584. The fraction of sp³-hybridized carbons (Fsp3) is 0. The molecule has 92 valence electrons. The first-order valence-corrected chi connectivity index (χ1v) is 6.07. The van der Waals surface area contributed by atoms with Crippen LogP contribution in [-0.2, 0) is 0 Å². The Morgan fingerprint density at radius 3 is 2.56 bits per heavy atom. The smallest absolute Gasteiger partial charge is 0.257 e. The molecule has 0 unspecified atom stereocenters. The maximum Gasteiger partial charge on any atom is 0.257 e. The van der Waals surface area contributed by atoms with Crippen LogP contribution in [0.15, 0.2) is 36.5 Å². The largest absolute Gasteiger partial charge is 0.321 e. The Hall–Kier alpha value is -1.29. The van der Waals surface area contributed by atoms with E-state index in [1.165, 1.54) is 12.3 Å². The molecule has 0 fully saturated rings. The van der Waals surface area contributed by atoms with E-state index in [1.807, 2.05) is 0 Å². The van der Waals surface area contributed by atoms with Crippen LogP contribution in [0, 0.1) is 0 Å². The third kappa shape index (κ3) is 3.13. The second-order valence-electron chi connectivity index (χ2n) is 3.45. The van der Waals surface area contributed by atoms with E-state index in [1.54, 1.807) is 24.3 Å². The van der Waals surface area contributed by atoms with Crippen molar-refractivity contribution in [3.05, 3.63) is 57.3 Å². The van der Waals surface area contributed by atoms with Gasteiger partial charge in [-0.25, -0.2) is 4.98 Å². The molecular weight excluding hydrogens is 295 g/mol. The molecule has 0 saturated carbocycles. The minimum Gasteiger partial charge on any atom is -0.321 e. The second kappa shape index (κ2) is 5.57. The van der Waals surface area contributed by atoms with Gasteiger partial charge in [0.2, 0.25) is 0 Å². The molecule has 0 bridgehead atoms. The number of carbonyl (C=O) groups excluding carboxylic acids is 1. The van der Waals surface area contributed by atoms with Crippen LogP contribution in [0.4, 0.5) is 5.69 Å². The van der Waals surface area contributed by atoms with E-state index >= 15 is 0 Å². The van der Waals surface area contributed by atoms with Crippen LogP contribution < -0.4 is 5.32 Å². The van der Waals surface area contributed by atoms with Gasteiger partial charge in [-0.3, -0.25) is 4.79 Å². The van der Waals surface area contributed by atoms with E-state index in [0.717, 1.165) is 0 Å². The average Bonchev–Trinajstić information content (AvgIpc) is 2.34. The summed E-state index contributed by atoms with van der Waals surface area (Å²) in [5, 5.41) is 3.88. The van der Waals surface area contributed by atoms with Gasteiger partial charge in [0.25, 0.3) is 5.91 Å². The van der Waals surface area contributed by atoms with Gasteiger partial charge in [0.05, 0.1) is 16.3 Å². The maximum atomic E-state index is 11.9. The molecule has 3 nitrogen and oxygen atoms in total. The first kappa shape index (κ1) is 13.1. The van der Waals surface area contributed by atoms with Crippen molar-refractivity contribution in [2.24, 2.45) is 0 Å². The standard InChI is InChI=1S/C12H7Cl3N2O/c13-8-2-3-9(14)10(5-8)17-12(18)7-1-4-11(15)16-6-7/h1-6H,(H,17,18). The first-order chi connectivity index (χ1) is 8.56. The van der Waals surface area contributed by atoms with E-state index in [-0.39, 0.29) is 5.91 Å². The zero-order valence-corrected chi connectivity index (χ0v) is 11.2. The van der Waals surface area contributed by atoms with Crippen molar-refractivity contribution in [1.29, 1.82) is 0 Å². The van der Waals surface area contributed by atoms with Crippen LogP contribution in [0.2, 0.25) is 15.2 Å². The van der Waals surface area contributed by atoms with Gasteiger partial charge in [-0.1, -0.05) is 34.8 Å². The topological polar surface area (TPSA) is 42.0 Å². The van der Waals surface area contributed by atoms with Crippen molar-refractivity contribution in [2.75, 3.05) is 5.32 Å². The Labute approximate surface area is 119 Å². The fourth-order valence-corrected chi connectivity index (χ4v) is 1.75. The van der Waals surface area contributed by atoms with E-state index in [0.29, 0.717) is 26.4 Å². The molecule has 6 heteroatoms. The number of halogens is 3. The minimum absolute atomic E-state index is 0.326.